The van der Waals surface area contributed by atoms with E-state index < -0.39 is 13.7 Å². The lowest BCUT2D eigenvalue weighted by Gasteiger charge is -2.20. The number of benzene rings is 2. The molecule has 0 spiro atoms. The standard InChI is InChI=1S/C15H17O3P/c1-19(16,17)18-15(14-10-6-3-7-11-14)12-13-8-4-2-5-9-13/h2-11,15H,12H2,1H3,(H,16,17). The molecule has 2 unspecified atom stereocenters. The summed E-state index contributed by atoms with van der Waals surface area (Å²) < 4.78 is 16.9. The summed E-state index contributed by atoms with van der Waals surface area (Å²) in [4.78, 5) is 9.46. The van der Waals surface area contributed by atoms with Crippen LogP contribution in [0, 0.1) is 0 Å². The summed E-state index contributed by atoms with van der Waals surface area (Å²) in [6.07, 6.45) is 0.160. The van der Waals surface area contributed by atoms with E-state index in [9.17, 15) is 9.46 Å². The fourth-order valence-corrected chi connectivity index (χ4v) is 2.62. The largest absolute Gasteiger partial charge is 0.325 e. The molecule has 0 bridgehead atoms. The molecule has 2 atom stereocenters. The maximum Gasteiger partial charge on any atom is 0.325 e. The molecule has 19 heavy (non-hydrogen) atoms. The molecule has 0 aliphatic rings. The zero-order valence-corrected chi connectivity index (χ0v) is 11.7. The van der Waals surface area contributed by atoms with Crippen LogP contribution in [0.4, 0.5) is 0 Å². The molecule has 2 aromatic carbocycles. The Hall–Kier alpha value is -1.41. The van der Waals surface area contributed by atoms with Gasteiger partial charge in [0.2, 0.25) is 0 Å². The first-order chi connectivity index (χ1) is 9.04. The highest BCUT2D eigenvalue weighted by Gasteiger charge is 2.21. The predicted octanol–water partition coefficient (Wildman–Crippen LogP) is 3.80. The minimum absolute atomic E-state index is 0.413. The zero-order chi connectivity index (χ0) is 13.7. The molecule has 4 heteroatoms. The molecule has 0 aliphatic carbocycles. The van der Waals surface area contributed by atoms with Crippen molar-refractivity contribution in [3.8, 4) is 0 Å². The van der Waals surface area contributed by atoms with E-state index in [1.165, 1.54) is 6.66 Å². The summed E-state index contributed by atoms with van der Waals surface area (Å²) in [5.41, 5.74) is 1.98. The second-order valence-electron chi connectivity index (χ2n) is 4.50. The van der Waals surface area contributed by atoms with Gasteiger partial charge >= 0.3 is 7.60 Å². The maximum atomic E-state index is 11.5. The van der Waals surface area contributed by atoms with Gasteiger partial charge in [0.25, 0.3) is 0 Å². The van der Waals surface area contributed by atoms with Crippen LogP contribution < -0.4 is 0 Å². The van der Waals surface area contributed by atoms with Gasteiger partial charge < -0.3 is 9.42 Å². The first kappa shape index (κ1) is 14.0. The highest BCUT2D eigenvalue weighted by molar-refractivity contribution is 7.51. The molecule has 3 nitrogen and oxygen atoms in total. The Morgan fingerprint density at radius 2 is 1.58 bits per heavy atom. The van der Waals surface area contributed by atoms with Gasteiger partial charge in [-0.05, 0) is 11.1 Å². The Bertz CT molecular complexity index is 548. The van der Waals surface area contributed by atoms with Crippen LogP contribution in [0.3, 0.4) is 0 Å². The third kappa shape index (κ3) is 4.64. The quantitative estimate of drug-likeness (QED) is 0.845. The molecule has 0 aromatic heterocycles. The Labute approximate surface area is 113 Å². The Morgan fingerprint density at radius 3 is 2.11 bits per heavy atom. The van der Waals surface area contributed by atoms with Crippen LogP contribution in [0.5, 0.6) is 0 Å². The van der Waals surface area contributed by atoms with Crippen LogP contribution in [-0.2, 0) is 15.5 Å². The van der Waals surface area contributed by atoms with Crippen molar-refractivity contribution in [1.82, 2.24) is 0 Å². The van der Waals surface area contributed by atoms with Crippen molar-refractivity contribution in [2.24, 2.45) is 0 Å². The van der Waals surface area contributed by atoms with E-state index in [0.29, 0.717) is 6.42 Å². The third-order valence-corrected chi connectivity index (χ3v) is 3.40. The number of rotatable bonds is 5. The number of hydrogen-bond donors (Lipinski definition) is 1. The predicted molar refractivity (Wildman–Crippen MR) is 76.2 cm³/mol. The molecule has 2 rings (SSSR count). The lowest BCUT2D eigenvalue weighted by atomic mass is 10.0. The SMILES string of the molecule is CP(=O)(O)OC(Cc1ccccc1)c1ccccc1. The minimum atomic E-state index is -3.52. The van der Waals surface area contributed by atoms with E-state index >= 15 is 0 Å². The van der Waals surface area contributed by atoms with Crippen LogP contribution in [0.2, 0.25) is 0 Å². The fourth-order valence-electron chi connectivity index (χ4n) is 1.95. The second-order valence-corrected chi connectivity index (χ2v) is 6.31. The first-order valence-electron chi connectivity index (χ1n) is 6.12. The third-order valence-electron chi connectivity index (χ3n) is 2.76. The van der Waals surface area contributed by atoms with Crippen LogP contribution in [0.25, 0.3) is 0 Å². The molecule has 0 saturated heterocycles. The number of hydrogen-bond acceptors (Lipinski definition) is 2. The molecule has 0 saturated carbocycles. The van der Waals surface area contributed by atoms with Gasteiger partial charge in [0.1, 0.15) is 0 Å². The van der Waals surface area contributed by atoms with Crippen molar-refractivity contribution in [1.29, 1.82) is 0 Å². The molecular weight excluding hydrogens is 259 g/mol. The second kappa shape index (κ2) is 6.16. The van der Waals surface area contributed by atoms with Crippen molar-refractivity contribution in [3.05, 3.63) is 71.8 Å². The van der Waals surface area contributed by atoms with Gasteiger partial charge in [-0.25, -0.2) is 0 Å². The highest BCUT2D eigenvalue weighted by atomic mass is 31.2. The fraction of sp³-hybridized carbons (Fsp3) is 0.200. The van der Waals surface area contributed by atoms with E-state index in [0.717, 1.165) is 11.1 Å². The van der Waals surface area contributed by atoms with Crippen LogP contribution in [-0.4, -0.2) is 11.6 Å². The smallest absolute Gasteiger partial charge is 0.324 e. The van der Waals surface area contributed by atoms with E-state index in [1.54, 1.807) is 0 Å². The van der Waals surface area contributed by atoms with Gasteiger partial charge in [0.15, 0.2) is 0 Å². The normalized spacial score (nSPS) is 15.7. The lowest BCUT2D eigenvalue weighted by Crippen LogP contribution is -2.06. The van der Waals surface area contributed by atoms with Crippen molar-refractivity contribution in [2.75, 3.05) is 6.66 Å². The van der Waals surface area contributed by atoms with Crippen LogP contribution >= 0.6 is 7.60 Å². The summed E-state index contributed by atoms with van der Waals surface area (Å²) in [6, 6.07) is 19.3. The van der Waals surface area contributed by atoms with Crippen molar-refractivity contribution in [3.63, 3.8) is 0 Å². The molecule has 2 aromatic rings. The Balaban J connectivity index is 2.22. The average Bonchev–Trinajstić information content (AvgIpc) is 2.39. The monoisotopic (exact) mass is 276 g/mol. The van der Waals surface area contributed by atoms with Crippen LogP contribution in [0.1, 0.15) is 17.2 Å². The molecule has 100 valence electrons. The van der Waals surface area contributed by atoms with Crippen molar-refractivity contribution >= 4 is 7.60 Å². The average molecular weight is 276 g/mol. The van der Waals surface area contributed by atoms with E-state index in [-0.39, 0.29) is 0 Å². The van der Waals surface area contributed by atoms with E-state index in [1.807, 2.05) is 60.7 Å². The topological polar surface area (TPSA) is 46.5 Å². The minimum Gasteiger partial charge on any atom is -0.324 e. The molecule has 0 heterocycles. The van der Waals surface area contributed by atoms with E-state index in [4.69, 9.17) is 4.52 Å². The van der Waals surface area contributed by atoms with Gasteiger partial charge in [0, 0.05) is 13.1 Å². The first-order valence-corrected chi connectivity index (χ1v) is 8.14. The van der Waals surface area contributed by atoms with Gasteiger partial charge in [-0.15, -0.1) is 0 Å². The molecule has 0 radical (unpaired) electrons. The van der Waals surface area contributed by atoms with Gasteiger partial charge in [-0.1, -0.05) is 60.7 Å². The molecule has 0 aliphatic heterocycles. The lowest BCUT2D eigenvalue weighted by molar-refractivity contribution is 0.179. The Morgan fingerprint density at radius 1 is 1.05 bits per heavy atom. The van der Waals surface area contributed by atoms with Gasteiger partial charge in [0.05, 0.1) is 6.10 Å². The molecular formula is C15H17O3P. The highest BCUT2D eigenvalue weighted by Crippen LogP contribution is 2.43. The summed E-state index contributed by atoms with van der Waals surface area (Å²) in [5, 5.41) is 0. The van der Waals surface area contributed by atoms with Crippen LogP contribution in [0.15, 0.2) is 60.7 Å². The summed E-state index contributed by atoms with van der Waals surface area (Å²) in [5.74, 6) is 0. The summed E-state index contributed by atoms with van der Waals surface area (Å²) in [7, 11) is -3.52. The summed E-state index contributed by atoms with van der Waals surface area (Å²) in [6.45, 7) is 1.22. The maximum absolute atomic E-state index is 11.5. The molecule has 0 amide bonds. The zero-order valence-electron chi connectivity index (χ0n) is 10.8. The Kier molecular flexibility index (Phi) is 4.54. The van der Waals surface area contributed by atoms with Gasteiger partial charge in [-0.3, -0.25) is 4.57 Å². The van der Waals surface area contributed by atoms with E-state index in [2.05, 4.69) is 0 Å². The van der Waals surface area contributed by atoms with Crippen molar-refractivity contribution < 1.29 is 14.0 Å². The summed E-state index contributed by atoms with van der Waals surface area (Å²) >= 11 is 0. The molecule has 1 N–H and O–H groups in total. The molecule has 0 fully saturated rings. The van der Waals surface area contributed by atoms with Crippen molar-refractivity contribution in [2.45, 2.75) is 12.5 Å². The van der Waals surface area contributed by atoms with Gasteiger partial charge in [-0.2, -0.15) is 0 Å².